The molecule has 1 aromatic rings. The van der Waals surface area contributed by atoms with E-state index in [1.165, 1.54) is 0 Å². The van der Waals surface area contributed by atoms with Crippen molar-refractivity contribution in [1.29, 1.82) is 0 Å². The highest BCUT2D eigenvalue weighted by atomic mass is 16.3. The van der Waals surface area contributed by atoms with Crippen LogP contribution in [0.3, 0.4) is 0 Å². The van der Waals surface area contributed by atoms with Crippen LogP contribution in [0.25, 0.3) is 0 Å². The molecule has 2 rings (SSSR count). The summed E-state index contributed by atoms with van der Waals surface area (Å²) in [6.07, 6.45) is 3.22. The Labute approximate surface area is 125 Å². The number of carbonyl (C=O) groups excluding carboxylic acids is 1. The van der Waals surface area contributed by atoms with E-state index in [1.807, 2.05) is 19.1 Å². The third-order valence-electron chi connectivity index (χ3n) is 3.95. The molecule has 21 heavy (non-hydrogen) atoms. The van der Waals surface area contributed by atoms with E-state index >= 15 is 0 Å². The smallest absolute Gasteiger partial charge is 0.251 e. The first kappa shape index (κ1) is 15.6. The quantitative estimate of drug-likeness (QED) is 0.718. The van der Waals surface area contributed by atoms with E-state index < -0.39 is 6.10 Å². The van der Waals surface area contributed by atoms with Gasteiger partial charge in [-0.2, -0.15) is 0 Å². The van der Waals surface area contributed by atoms with Crippen LogP contribution in [0.2, 0.25) is 0 Å². The molecule has 4 N–H and O–H groups in total. The summed E-state index contributed by atoms with van der Waals surface area (Å²) >= 11 is 0. The van der Waals surface area contributed by atoms with Crippen LogP contribution in [0.4, 0.5) is 0 Å². The lowest BCUT2D eigenvalue weighted by molar-refractivity contribution is 0.0717. The van der Waals surface area contributed by atoms with Crippen molar-refractivity contribution in [3.8, 4) is 11.8 Å². The second-order valence-electron chi connectivity index (χ2n) is 5.42. The normalized spacial score (nSPS) is 21.3. The van der Waals surface area contributed by atoms with Gasteiger partial charge < -0.3 is 16.2 Å². The fourth-order valence-electron chi connectivity index (χ4n) is 2.69. The number of carbonyl (C=O) groups is 1. The Balaban J connectivity index is 2.15. The molecule has 1 saturated carbocycles. The zero-order valence-corrected chi connectivity index (χ0v) is 12.4. The molecule has 4 nitrogen and oxygen atoms in total. The Bertz CT molecular complexity index is 572. The van der Waals surface area contributed by atoms with Crippen molar-refractivity contribution in [2.24, 2.45) is 5.73 Å². The van der Waals surface area contributed by atoms with Crippen molar-refractivity contribution in [2.45, 2.75) is 44.8 Å². The molecule has 0 aliphatic heterocycles. The van der Waals surface area contributed by atoms with Crippen molar-refractivity contribution < 1.29 is 9.90 Å². The van der Waals surface area contributed by atoms with Crippen molar-refractivity contribution in [1.82, 2.24) is 5.32 Å². The van der Waals surface area contributed by atoms with Crippen molar-refractivity contribution in [3.05, 3.63) is 34.9 Å². The Morgan fingerprint density at radius 2 is 2.19 bits per heavy atom. The highest BCUT2D eigenvalue weighted by molar-refractivity contribution is 5.96. The van der Waals surface area contributed by atoms with Gasteiger partial charge in [-0.1, -0.05) is 30.7 Å². The van der Waals surface area contributed by atoms with Gasteiger partial charge in [0.15, 0.2) is 0 Å². The van der Waals surface area contributed by atoms with Crippen LogP contribution in [-0.2, 0) is 0 Å². The molecule has 1 fully saturated rings. The lowest BCUT2D eigenvalue weighted by Crippen LogP contribution is -2.45. The van der Waals surface area contributed by atoms with Gasteiger partial charge in [0.05, 0.1) is 18.7 Å². The zero-order chi connectivity index (χ0) is 15.2. The summed E-state index contributed by atoms with van der Waals surface area (Å²) < 4.78 is 0. The molecule has 0 aromatic heterocycles. The number of aliphatic hydroxyl groups is 1. The van der Waals surface area contributed by atoms with Crippen LogP contribution in [0.5, 0.6) is 0 Å². The number of hydrogen-bond donors (Lipinski definition) is 3. The maximum absolute atomic E-state index is 12.4. The molecule has 0 saturated heterocycles. The topological polar surface area (TPSA) is 75.4 Å². The second kappa shape index (κ2) is 7.26. The van der Waals surface area contributed by atoms with E-state index in [2.05, 4.69) is 17.2 Å². The predicted octanol–water partition coefficient (Wildman–Crippen LogP) is 1.34. The molecule has 0 spiro atoms. The summed E-state index contributed by atoms with van der Waals surface area (Å²) in [5.41, 5.74) is 7.66. The van der Waals surface area contributed by atoms with Crippen molar-refractivity contribution in [2.75, 3.05) is 6.54 Å². The van der Waals surface area contributed by atoms with E-state index in [1.54, 1.807) is 6.07 Å². The second-order valence-corrected chi connectivity index (χ2v) is 5.42. The summed E-state index contributed by atoms with van der Waals surface area (Å²) in [5.74, 6) is 5.64. The standard InChI is InChI=1S/C17H22N2O2/c1-12-13(7-5-11-18)6-4-8-14(12)17(21)19-15-9-2-3-10-16(15)20/h4,6,8,15-16,20H,2-3,9-11,18H2,1H3,(H,19,21). The fourth-order valence-corrected chi connectivity index (χ4v) is 2.69. The maximum atomic E-state index is 12.4. The molecule has 2 atom stereocenters. The predicted molar refractivity (Wildman–Crippen MR) is 82.8 cm³/mol. The molecule has 112 valence electrons. The van der Waals surface area contributed by atoms with Crippen molar-refractivity contribution >= 4 is 5.91 Å². The van der Waals surface area contributed by atoms with Crippen LogP contribution in [0.15, 0.2) is 18.2 Å². The van der Waals surface area contributed by atoms with Gasteiger partial charge in [-0.25, -0.2) is 0 Å². The van der Waals surface area contributed by atoms with Crippen LogP contribution >= 0.6 is 0 Å². The summed E-state index contributed by atoms with van der Waals surface area (Å²) in [7, 11) is 0. The van der Waals surface area contributed by atoms with Crippen LogP contribution < -0.4 is 11.1 Å². The van der Waals surface area contributed by atoms with Gasteiger partial charge in [0, 0.05) is 11.1 Å². The average molecular weight is 286 g/mol. The molecule has 0 radical (unpaired) electrons. The number of nitrogens with one attached hydrogen (secondary N) is 1. The molecule has 4 heteroatoms. The third-order valence-corrected chi connectivity index (χ3v) is 3.95. The van der Waals surface area contributed by atoms with Gasteiger partial charge in [0.25, 0.3) is 5.91 Å². The first-order valence-corrected chi connectivity index (χ1v) is 7.41. The minimum absolute atomic E-state index is 0.144. The van der Waals surface area contributed by atoms with E-state index in [-0.39, 0.29) is 11.9 Å². The SMILES string of the molecule is Cc1c(C#CCN)cccc1C(=O)NC1CCCCC1O. The molecule has 0 heterocycles. The monoisotopic (exact) mass is 286 g/mol. The van der Waals surface area contributed by atoms with E-state index in [0.29, 0.717) is 12.1 Å². The molecule has 0 bridgehead atoms. The van der Waals surface area contributed by atoms with Gasteiger partial charge in [0.2, 0.25) is 0 Å². The lowest BCUT2D eigenvalue weighted by atomic mass is 9.92. The van der Waals surface area contributed by atoms with Gasteiger partial charge in [0.1, 0.15) is 0 Å². The Hall–Kier alpha value is -1.83. The summed E-state index contributed by atoms with van der Waals surface area (Å²) in [4.78, 5) is 12.4. The Morgan fingerprint density at radius 3 is 2.90 bits per heavy atom. The highest BCUT2D eigenvalue weighted by Gasteiger charge is 2.25. The number of amides is 1. The third kappa shape index (κ3) is 3.84. The minimum Gasteiger partial charge on any atom is -0.391 e. The molecular formula is C17H22N2O2. The molecule has 1 aliphatic rings. The number of nitrogens with two attached hydrogens (primary N) is 1. The van der Waals surface area contributed by atoms with Gasteiger partial charge in [-0.3, -0.25) is 4.79 Å². The maximum Gasteiger partial charge on any atom is 0.251 e. The van der Waals surface area contributed by atoms with Gasteiger partial charge in [-0.05, 0) is 37.5 Å². The lowest BCUT2D eigenvalue weighted by Gasteiger charge is -2.28. The zero-order valence-electron chi connectivity index (χ0n) is 12.4. The van der Waals surface area contributed by atoms with Crippen LogP contribution in [0, 0.1) is 18.8 Å². The Kier molecular flexibility index (Phi) is 5.38. The largest absolute Gasteiger partial charge is 0.391 e. The molecule has 1 aromatic carbocycles. The van der Waals surface area contributed by atoms with E-state index in [0.717, 1.165) is 36.8 Å². The molecule has 1 amide bonds. The molecule has 2 unspecified atom stereocenters. The first-order valence-electron chi connectivity index (χ1n) is 7.41. The molecule has 1 aliphatic carbocycles. The summed E-state index contributed by atoms with van der Waals surface area (Å²) in [6.45, 7) is 2.18. The summed E-state index contributed by atoms with van der Waals surface area (Å²) in [6, 6.07) is 5.33. The van der Waals surface area contributed by atoms with Crippen LogP contribution in [0.1, 0.15) is 47.2 Å². The highest BCUT2D eigenvalue weighted by Crippen LogP contribution is 2.20. The number of aliphatic hydroxyl groups excluding tert-OH is 1. The number of rotatable bonds is 2. The number of benzene rings is 1. The van der Waals surface area contributed by atoms with Crippen molar-refractivity contribution in [3.63, 3.8) is 0 Å². The first-order chi connectivity index (χ1) is 10.1. The minimum atomic E-state index is -0.441. The molecular weight excluding hydrogens is 264 g/mol. The summed E-state index contributed by atoms with van der Waals surface area (Å²) in [5, 5.41) is 12.9. The van der Waals surface area contributed by atoms with Gasteiger partial charge in [-0.15, -0.1) is 0 Å². The van der Waals surface area contributed by atoms with Crippen LogP contribution in [-0.4, -0.2) is 29.7 Å². The Morgan fingerprint density at radius 1 is 1.43 bits per heavy atom. The fraction of sp³-hybridized carbons (Fsp3) is 0.471. The van der Waals surface area contributed by atoms with E-state index in [4.69, 9.17) is 5.73 Å². The van der Waals surface area contributed by atoms with E-state index in [9.17, 15) is 9.90 Å². The number of hydrogen-bond acceptors (Lipinski definition) is 3. The van der Waals surface area contributed by atoms with Gasteiger partial charge >= 0.3 is 0 Å². The average Bonchev–Trinajstić information content (AvgIpc) is 2.48.